The summed E-state index contributed by atoms with van der Waals surface area (Å²) in [5, 5.41) is 8.73. The molecular formula is C25H27N3O4S2. The summed E-state index contributed by atoms with van der Waals surface area (Å²) in [6.45, 7) is 5.38. The maximum Gasteiger partial charge on any atom is 0.341 e. The van der Waals surface area contributed by atoms with Crippen LogP contribution in [-0.2, 0) is 40.2 Å². The van der Waals surface area contributed by atoms with E-state index in [1.54, 1.807) is 5.38 Å². The number of anilines is 2. The third-order valence-corrected chi connectivity index (χ3v) is 7.70. The summed E-state index contributed by atoms with van der Waals surface area (Å²) in [4.78, 5) is 42.6. The van der Waals surface area contributed by atoms with Crippen LogP contribution in [0.4, 0.5) is 10.7 Å². The fraction of sp³-hybridized carbons (Fsp3) is 0.360. The second-order valence-corrected chi connectivity index (χ2v) is 10.5. The van der Waals surface area contributed by atoms with Crippen molar-refractivity contribution < 1.29 is 19.1 Å². The number of fused-ring (bicyclic) bond motifs is 1. The van der Waals surface area contributed by atoms with E-state index < -0.39 is 5.97 Å². The number of thiazole rings is 1. The lowest BCUT2D eigenvalue weighted by atomic mass is 9.95. The predicted octanol–water partition coefficient (Wildman–Crippen LogP) is 5.20. The first kappa shape index (κ1) is 24.1. The minimum atomic E-state index is -0.453. The van der Waals surface area contributed by atoms with Crippen LogP contribution < -0.4 is 10.6 Å². The highest BCUT2D eigenvalue weighted by Gasteiger charge is 2.27. The van der Waals surface area contributed by atoms with Gasteiger partial charge in [-0.25, -0.2) is 9.78 Å². The summed E-state index contributed by atoms with van der Waals surface area (Å²) in [5.74, 6) is -0.808. The molecule has 1 aliphatic rings. The Balaban J connectivity index is 1.38. The Morgan fingerprint density at radius 3 is 2.71 bits per heavy atom. The molecular weight excluding hydrogens is 470 g/mol. The Kier molecular flexibility index (Phi) is 7.43. The molecule has 0 aliphatic heterocycles. The highest BCUT2D eigenvalue weighted by molar-refractivity contribution is 7.17. The quantitative estimate of drug-likeness (QED) is 0.438. The van der Waals surface area contributed by atoms with Crippen molar-refractivity contribution in [2.24, 2.45) is 0 Å². The number of rotatable bonds is 7. The SMILES string of the molecule is CC(=O)Nc1sc2c(c1C(=O)OCc1csc(CC(=O)Nc3cc(C)ccc3C)n1)CCCC2. The zero-order chi connectivity index (χ0) is 24.2. The van der Waals surface area contributed by atoms with Crippen LogP contribution in [0, 0.1) is 13.8 Å². The van der Waals surface area contributed by atoms with Crippen molar-refractivity contribution >= 4 is 51.1 Å². The molecule has 3 aromatic rings. The van der Waals surface area contributed by atoms with E-state index in [2.05, 4.69) is 15.6 Å². The smallest absolute Gasteiger partial charge is 0.341 e. The molecule has 7 nitrogen and oxygen atoms in total. The zero-order valence-corrected chi connectivity index (χ0v) is 21.1. The average molecular weight is 498 g/mol. The molecule has 178 valence electrons. The van der Waals surface area contributed by atoms with E-state index in [4.69, 9.17) is 4.74 Å². The number of benzene rings is 1. The monoisotopic (exact) mass is 497 g/mol. The standard InChI is InChI=1S/C25H27N3O4S2/c1-14-8-9-15(2)19(10-14)28-21(30)11-22-27-17(13-33-22)12-32-25(31)23-18-6-4-5-7-20(18)34-24(23)26-16(3)29/h8-10,13H,4-7,11-12H2,1-3H3,(H,26,29)(H,28,30). The Morgan fingerprint density at radius 2 is 1.91 bits per heavy atom. The molecule has 2 amide bonds. The number of aryl methyl sites for hydroxylation is 3. The van der Waals surface area contributed by atoms with Crippen LogP contribution in [0.25, 0.3) is 0 Å². The first-order chi connectivity index (χ1) is 16.3. The molecule has 0 spiro atoms. The first-order valence-corrected chi connectivity index (χ1v) is 12.9. The van der Waals surface area contributed by atoms with Crippen LogP contribution in [0.1, 0.15) is 62.4 Å². The van der Waals surface area contributed by atoms with Crippen molar-refractivity contribution in [3.8, 4) is 0 Å². The second-order valence-electron chi connectivity index (χ2n) is 8.45. The number of nitrogens with zero attached hydrogens (tertiary/aromatic N) is 1. The van der Waals surface area contributed by atoms with Gasteiger partial charge in [-0.15, -0.1) is 22.7 Å². The average Bonchev–Trinajstić information content (AvgIpc) is 3.37. The second kappa shape index (κ2) is 10.5. The van der Waals surface area contributed by atoms with Gasteiger partial charge in [-0.05, 0) is 62.3 Å². The number of hydrogen-bond donors (Lipinski definition) is 2. The van der Waals surface area contributed by atoms with Crippen molar-refractivity contribution in [1.82, 2.24) is 4.98 Å². The van der Waals surface area contributed by atoms with E-state index in [-0.39, 0.29) is 24.8 Å². The summed E-state index contributed by atoms with van der Waals surface area (Å²) < 4.78 is 5.56. The summed E-state index contributed by atoms with van der Waals surface area (Å²) in [7, 11) is 0. The van der Waals surface area contributed by atoms with Crippen molar-refractivity contribution in [2.45, 2.75) is 59.5 Å². The number of ether oxygens (including phenoxy) is 1. The Bertz CT molecular complexity index is 1250. The van der Waals surface area contributed by atoms with Gasteiger partial charge >= 0.3 is 5.97 Å². The van der Waals surface area contributed by atoms with Crippen LogP contribution in [0.2, 0.25) is 0 Å². The van der Waals surface area contributed by atoms with Crippen LogP contribution in [0.3, 0.4) is 0 Å². The van der Waals surface area contributed by atoms with Gasteiger partial charge < -0.3 is 15.4 Å². The number of esters is 1. The lowest BCUT2D eigenvalue weighted by Crippen LogP contribution is -2.15. The van der Waals surface area contributed by atoms with Gasteiger partial charge in [0.05, 0.1) is 17.7 Å². The van der Waals surface area contributed by atoms with Gasteiger partial charge in [0.25, 0.3) is 0 Å². The zero-order valence-electron chi connectivity index (χ0n) is 19.4. The molecule has 0 saturated heterocycles. The minimum Gasteiger partial charge on any atom is -0.455 e. The van der Waals surface area contributed by atoms with Crippen molar-refractivity contribution in [3.05, 3.63) is 61.4 Å². The van der Waals surface area contributed by atoms with Crippen LogP contribution in [-0.4, -0.2) is 22.8 Å². The van der Waals surface area contributed by atoms with Gasteiger partial charge in [-0.1, -0.05) is 12.1 Å². The van der Waals surface area contributed by atoms with Crippen LogP contribution in [0.15, 0.2) is 23.6 Å². The predicted molar refractivity (Wildman–Crippen MR) is 135 cm³/mol. The minimum absolute atomic E-state index is 0.0120. The van der Waals surface area contributed by atoms with Gasteiger partial charge in [0, 0.05) is 22.9 Å². The molecule has 0 unspecified atom stereocenters. The maximum atomic E-state index is 12.9. The number of aromatic nitrogens is 1. The largest absolute Gasteiger partial charge is 0.455 e. The summed E-state index contributed by atoms with van der Waals surface area (Å²) in [5.41, 5.74) is 4.93. The van der Waals surface area contributed by atoms with E-state index >= 15 is 0 Å². The molecule has 0 radical (unpaired) electrons. The van der Waals surface area contributed by atoms with Crippen molar-refractivity contribution in [2.75, 3.05) is 10.6 Å². The highest BCUT2D eigenvalue weighted by Crippen LogP contribution is 2.38. The van der Waals surface area contributed by atoms with E-state index in [9.17, 15) is 14.4 Å². The summed E-state index contributed by atoms with van der Waals surface area (Å²) >= 11 is 2.82. The first-order valence-electron chi connectivity index (χ1n) is 11.2. The Hall–Kier alpha value is -3.04. The molecule has 0 bridgehead atoms. The van der Waals surface area contributed by atoms with Crippen LogP contribution >= 0.6 is 22.7 Å². The molecule has 2 N–H and O–H groups in total. The van der Waals surface area contributed by atoms with Gasteiger partial charge in [0.1, 0.15) is 16.6 Å². The molecule has 34 heavy (non-hydrogen) atoms. The molecule has 1 aromatic carbocycles. The lowest BCUT2D eigenvalue weighted by molar-refractivity contribution is -0.116. The van der Waals surface area contributed by atoms with Gasteiger partial charge in [-0.3, -0.25) is 9.59 Å². The highest BCUT2D eigenvalue weighted by atomic mass is 32.1. The number of hydrogen-bond acceptors (Lipinski definition) is 7. The van der Waals surface area contributed by atoms with Gasteiger partial charge in [0.15, 0.2) is 0 Å². The molecule has 2 aromatic heterocycles. The third kappa shape index (κ3) is 5.71. The normalized spacial score (nSPS) is 12.7. The fourth-order valence-electron chi connectivity index (χ4n) is 3.94. The van der Waals surface area contributed by atoms with E-state index in [1.807, 2.05) is 32.0 Å². The van der Waals surface area contributed by atoms with Gasteiger partial charge in [0.2, 0.25) is 11.8 Å². The van der Waals surface area contributed by atoms with E-state index in [0.29, 0.717) is 21.3 Å². The molecule has 0 saturated carbocycles. The van der Waals surface area contributed by atoms with Crippen molar-refractivity contribution in [3.63, 3.8) is 0 Å². The van der Waals surface area contributed by atoms with Gasteiger partial charge in [-0.2, -0.15) is 0 Å². The molecule has 2 heterocycles. The molecule has 0 atom stereocenters. The Labute approximate surface area is 206 Å². The van der Waals surface area contributed by atoms with E-state index in [0.717, 1.165) is 52.9 Å². The molecule has 1 aliphatic carbocycles. The lowest BCUT2D eigenvalue weighted by Gasteiger charge is -2.12. The Morgan fingerprint density at radius 1 is 1.12 bits per heavy atom. The van der Waals surface area contributed by atoms with Crippen LogP contribution in [0.5, 0.6) is 0 Å². The number of carbonyl (C=O) groups excluding carboxylic acids is 3. The molecule has 4 rings (SSSR count). The number of nitrogens with one attached hydrogen (secondary N) is 2. The topological polar surface area (TPSA) is 97.4 Å². The molecule has 0 fully saturated rings. The molecule has 9 heteroatoms. The third-order valence-electron chi connectivity index (χ3n) is 5.59. The summed E-state index contributed by atoms with van der Waals surface area (Å²) in [6, 6.07) is 5.92. The number of thiophene rings is 1. The summed E-state index contributed by atoms with van der Waals surface area (Å²) in [6.07, 6.45) is 3.98. The number of amides is 2. The maximum absolute atomic E-state index is 12.9. The number of carbonyl (C=O) groups is 3. The van der Waals surface area contributed by atoms with E-state index in [1.165, 1.54) is 29.6 Å². The fourth-order valence-corrected chi connectivity index (χ4v) is 6.04. The van der Waals surface area contributed by atoms with Crippen molar-refractivity contribution in [1.29, 1.82) is 0 Å².